The zero-order valence-corrected chi connectivity index (χ0v) is 15.3. The SMILES string of the molecule is CSc1nnc(CCCNC(=O)c2ccccc2N)n1CC(C)C. The van der Waals surface area contributed by atoms with E-state index in [0.717, 1.165) is 30.4 Å². The first-order valence-corrected chi connectivity index (χ1v) is 9.34. The molecular weight excluding hydrogens is 322 g/mol. The highest BCUT2D eigenvalue weighted by molar-refractivity contribution is 7.98. The highest BCUT2D eigenvalue weighted by atomic mass is 32.2. The molecule has 1 amide bonds. The lowest BCUT2D eigenvalue weighted by molar-refractivity contribution is 0.0954. The fraction of sp³-hybridized carbons (Fsp3) is 0.471. The van der Waals surface area contributed by atoms with Crippen molar-refractivity contribution in [3.63, 3.8) is 0 Å². The Kier molecular flexibility index (Phi) is 6.66. The molecule has 0 radical (unpaired) electrons. The number of aromatic nitrogens is 3. The van der Waals surface area contributed by atoms with E-state index >= 15 is 0 Å². The summed E-state index contributed by atoms with van der Waals surface area (Å²) in [5, 5.41) is 12.4. The molecule has 0 aliphatic rings. The number of hydrogen-bond acceptors (Lipinski definition) is 5. The smallest absolute Gasteiger partial charge is 0.253 e. The predicted octanol–water partition coefficient (Wildman–Crippen LogP) is 2.60. The summed E-state index contributed by atoms with van der Waals surface area (Å²) < 4.78 is 2.17. The van der Waals surface area contributed by atoms with Crippen molar-refractivity contribution in [2.75, 3.05) is 18.5 Å². The van der Waals surface area contributed by atoms with Crippen molar-refractivity contribution >= 4 is 23.4 Å². The molecule has 6 nitrogen and oxygen atoms in total. The largest absolute Gasteiger partial charge is 0.398 e. The van der Waals surface area contributed by atoms with Crippen LogP contribution in [0.5, 0.6) is 0 Å². The number of carbonyl (C=O) groups excluding carboxylic acids is 1. The van der Waals surface area contributed by atoms with Crippen LogP contribution in [0.1, 0.15) is 36.5 Å². The minimum absolute atomic E-state index is 0.137. The summed E-state index contributed by atoms with van der Waals surface area (Å²) in [7, 11) is 0. The van der Waals surface area contributed by atoms with E-state index in [0.29, 0.717) is 23.7 Å². The fourth-order valence-corrected chi connectivity index (χ4v) is 2.97. The van der Waals surface area contributed by atoms with E-state index in [-0.39, 0.29) is 5.91 Å². The Hall–Kier alpha value is -2.02. The van der Waals surface area contributed by atoms with Crippen LogP contribution in [0.3, 0.4) is 0 Å². The van der Waals surface area contributed by atoms with Crippen LogP contribution in [0.2, 0.25) is 0 Å². The van der Waals surface area contributed by atoms with Crippen LogP contribution in [0.15, 0.2) is 29.4 Å². The minimum atomic E-state index is -0.137. The van der Waals surface area contributed by atoms with Gasteiger partial charge in [-0.25, -0.2) is 0 Å². The Morgan fingerprint density at radius 3 is 2.75 bits per heavy atom. The fourth-order valence-electron chi connectivity index (χ4n) is 2.45. The molecule has 0 bridgehead atoms. The number of hydrogen-bond donors (Lipinski definition) is 2. The first kappa shape index (κ1) is 18.3. The zero-order valence-electron chi connectivity index (χ0n) is 14.5. The number of nitrogens with zero attached hydrogens (tertiary/aromatic N) is 3. The van der Waals surface area contributed by atoms with Crippen LogP contribution in [0.25, 0.3) is 0 Å². The first-order chi connectivity index (χ1) is 11.5. The molecule has 130 valence electrons. The van der Waals surface area contributed by atoms with Gasteiger partial charge in [-0.2, -0.15) is 0 Å². The normalized spacial score (nSPS) is 11.0. The number of nitrogens with two attached hydrogens (primary N) is 1. The summed E-state index contributed by atoms with van der Waals surface area (Å²) in [5.41, 5.74) is 6.83. The molecule has 0 fully saturated rings. The Morgan fingerprint density at radius 1 is 1.33 bits per heavy atom. The number of aryl methyl sites for hydroxylation is 1. The molecule has 0 aliphatic heterocycles. The third-order valence-electron chi connectivity index (χ3n) is 3.59. The standard InChI is InChI=1S/C17H25N5OS/c1-12(2)11-22-15(20-21-17(22)24-3)9-6-10-19-16(23)13-7-4-5-8-14(13)18/h4-5,7-8,12H,6,9-11,18H2,1-3H3,(H,19,23). The lowest BCUT2D eigenvalue weighted by Gasteiger charge is -2.12. The van der Waals surface area contributed by atoms with Crippen LogP contribution >= 0.6 is 11.8 Å². The Balaban J connectivity index is 1.87. The second kappa shape index (κ2) is 8.73. The second-order valence-corrected chi connectivity index (χ2v) is 6.83. The zero-order chi connectivity index (χ0) is 17.5. The third kappa shape index (κ3) is 4.74. The number of rotatable bonds is 8. The van der Waals surface area contributed by atoms with E-state index in [2.05, 4.69) is 33.9 Å². The first-order valence-electron chi connectivity index (χ1n) is 8.11. The lowest BCUT2D eigenvalue weighted by Crippen LogP contribution is -2.25. The summed E-state index contributed by atoms with van der Waals surface area (Å²) in [6.07, 6.45) is 3.60. The van der Waals surface area contributed by atoms with E-state index in [1.54, 1.807) is 23.9 Å². The maximum absolute atomic E-state index is 12.1. The van der Waals surface area contributed by atoms with Gasteiger partial charge in [0.2, 0.25) is 0 Å². The van der Waals surface area contributed by atoms with Gasteiger partial charge in [-0.05, 0) is 30.7 Å². The number of nitrogen functional groups attached to an aromatic ring is 1. The highest BCUT2D eigenvalue weighted by Gasteiger charge is 2.13. The van der Waals surface area contributed by atoms with Crippen molar-refractivity contribution in [1.82, 2.24) is 20.1 Å². The molecule has 1 aromatic heterocycles. The van der Waals surface area contributed by atoms with Gasteiger partial charge in [-0.15, -0.1) is 10.2 Å². The Bertz CT molecular complexity index is 683. The minimum Gasteiger partial charge on any atom is -0.398 e. The van der Waals surface area contributed by atoms with Crippen molar-refractivity contribution in [3.8, 4) is 0 Å². The third-order valence-corrected chi connectivity index (χ3v) is 4.26. The number of amides is 1. The van der Waals surface area contributed by atoms with Crippen molar-refractivity contribution < 1.29 is 4.79 Å². The van der Waals surface area contributed by atoms with E-state index < -0.39 is 0 Å². The van der Waals surface area contributed by atoms with Gasteiger partial charge in [0, 0.05) is 25.2 Å². The topological polar surface area (TPSA) is 85.8 Å². The number of benzene rings is 1. The van der Waals surface area contributed by atoms with Gasteiger partial charge in [-0.1, -0.05) is 37.7 Å². The number of anilines is 1. The molecule has 0 saturated heterocycles. The molecule has 0 saturated carbocycles. The maximum atomic E-state index is 12.1. The second-order valence-electron chi connectivity index (χ2n) is 6.05. The molecule has 0 atom stereocenters. The van der Waals surface area contributed by atoms with Crippen molar-refractivity contribution in [3.05, 3.63) is 35.7 Å². The van der Waals surface area contributed by atoms with E-state index in [1.807, 2.05) is 18.4 Å². The van der Waals surface area contributed by atoms with Crippen LogP contribution in [-0.4, -0.2) is 33.5 Å². The van der Waals surface area contributed by atoms with Gasteiger partial charge in [0.15, 0.2) is 5.16 Å². The van der Waals surface area contributed by atoms with Gasteiger partial charge in [-0.3, -0.25) is 4.79 Å². The van der Waals surface area contributed by atoms with Crippen LogP contribution in [0, 0.1) is 5.92 Å². The monoisotopic (exact) mass is 347 g/mol. The van der Waals surface area contributed by atoms with E-state index in [4.69, 9.17) is 5.73 Å². The summed E-state index contributed by atoms with van der Waals surface area (Å²) >= 11 is 1.61. The highest BCUT2D eigenvalue weighted by Crippen LogP contribution is 2.16. The van der Waals surface area contributed by atoms with Gasteiger partial charge >= 0.3 is 0 Å². The quantitative estimate of drug-likeness (QED) is 0.435. The summed E-state index contributed by atoms with van der Waals surface area (Å²) in [5.74, 6) is 1.37. The molecule has 1 aromatic carbocycles. The molecule has 0 unspecified atom stereocenters. The molecule has 0 aliphatic carbocycles. The van der Waals surface area contributed by atoms with Crippen LogP contribution in [0.4, 0.5) is 5.69 Å². The Morgan fingerprint density at radius 2 is 2.08 bits per heavy atom. The average Bonchev–Trinajstić information content (AvgIpc) is 2.93. The van der Waals surface area contributed by atoms with Crippen LogP contribution < -0.4 is 11.1 Å². The van der Waals surface area contributed by atoms with Crippen LogP contribution in [-0.2, 0) is 13.0 Å². The lowest BCUT2D eigenvalue weighted by atomic mass is 10.1. The molecule has 7 heteroatoms. The van der Waals surface area contributed by atoms with E-state index in [1.165, 1.54) is 0 Å². The van der Waals surface area contributed by atoms with Gasteiger partial charge < -0.3 is 15.6 Å². The maximum Gasteiger partial charge on any atom is 0.253 e. The molecule has 2 aromatic rings. The summed E-state index contributed by atoms with van der Waals surface area (Å²) in [6.45, 7) is 5.85. The summed E-state index contributed by atoms with van der Waals surface area (Å²) in [4.78, 5) is 12.1. The molecule has 2 rings (SSSR count). The molecular formula is C17H25N5OS. The Labute approximate surface area is 147 Å². The van der Waals surface area contributed by atoms with Crippen molar-refractivity contribution in [1.29, 1.82) is 0 Å². The molecule has 24 heavy (non-hydrogen) atoms. The van der Waals surface area contributed by atoms with Crippen molar-refractivity contribution in [2.24, 2.45) is 5.92 Å². The molecule has 0 spiro atoms. The number of nitrogens with one attached hydrogen (secondary N) is 1. The number of para-hydroxylation sites is 1. The van der Waals surface area contributed by atoms with E-state index in [9.17, 15) is 4.79 Å². The van der Waals surface area contributed by atoms with Gasteiger partial charge in [0.05, 0.1) is 5.56 Å². The van der Waals surface area contributed by atoms with Gasteiger partial charge in [0.1, 0.15) is 5.82 Å². The number of carbonyl (C=O) groups is 1. The molecule has 3 N–H and O–H groups in total. The predicted molar refractivity (Wildman–Crippen MR) is 98.1 cm³/mol. The summed E-state index contributed by atoms with van der Waals surface area (Å²) in [6, 6.07) is 7.09. The van der Waals surface area contributed by atoms with Crippen molar-refractivity contribution in [2.45, 2.75) is 38.4 Å². The molecule has 1 heterocycles. The number of thioether (sulfide) groups is 1. The average molecular weight is 347 g/mol. The van der Waals surface area contributed by atoms with Gasteiger partial charge in [0.25, 0.3) is 5.91 Å².